The molecule has 0 spiro atoms. The fourth-order valence-electron chi connectivity index (χ4n) is 4.56. The van der Waals surface area contributed by atoms with Gasteiger partial charge in [0.05, 0.1) is 19.8 Å². The Morgan fingerprint density at radius 1 is 1.19 bits per heavy atom. The maximum Gasteiger partial charge on any atom is 0.227 e. The first-order chi connectivity index (χ1) is 18.1. The molecule has 1 amide bonds. The normalized spacial score (nSPS) is 16.1. The van der Waals surface area contributed by atoms with Crippen molar-refractivity contribution in [2.24, 2.45) is 5.92 Å². The minimum Gasteiger partial charge on any atom is -0.487 e. The van der Waals surface area contributed by atoms with E-state index in [9.17, 15) is 4.79 Å². The minimum absolute atomic E-state index is 0.118. The van der Waals surface area contributed by atoms with Gasteiger partial charge in [-0.1, -0.05) is 12.8 Å². The highest BCUT2D eigenvalue weighted by atomic mass is 32.2. The molecule has 3 heterocycles. The van der Waals surface area contributed by atoms with Gasteiger partial charge in [-0.15, -0.1) is 0 Å². The average molecular weight is 524 g/mol. The molecule has 196 valence electrons. The van der Waals surface area contributed by atoms with Crippen LogP contribution in [0.1, 0.15) is 38.3 Å². The van der Waals surface area contributed by atoms with E-state index in [1.807, 2.05) is 44.2 Å². The lowest BCUT2D eigenvalue weighted by Gasteiger charge is -2.30. The predicted octanol–water partition coefficient (Wildman–Crippen LogP) is 4.77. The van der Waals surface area contributed by atoms with Gasteiger partial charge in [0.25, 0.3) is 0 Å². The molecule has 1 aromatic carbocycles. The van der Waals surface area contributed by atoms with Crippen LogP contribution >= 0.6 is 11.8 Å². The van der Waals surface area contributed by atoms with Crippen LogP contribution in [0, 0.1) is 12.8 Å². The van der Waals surface area contributed by atoms with Crippen molar-refractivity contribution < 1.29 is 14.3 Å². The van der Waals surface area contributed by atoms with Crippen molar-refractivity contribution in [3.8, 4) is 5.75 Å². The number of hydrogen-bond donors (Lipinski definition) is 3. The number of morpholine rings is 1. The van der Waals surface area contributed by atoms with Crippen molar-refractivity contribution in [1.29, 1.82) is 0 Å². The highest BCUT2D eigenvalue weighted by Crippen LogP contribution is 2.38. The molecule has 5 rings (SSSR count). The summed E-state index contributed by atoms with van der Waals surface area (Å²) in [4.78, 5) is 25.3. The summed E-state index contributed by atoms with van der Waals surface area (Å²) in [7, 11) is 0. The van der Waals surface area contributed by atoms with Crippen molar-refractivity contribution in [2.45, 2.75) is 49.6 Å². The fourth-order valence-corrected chi connectivity index (χ4v) is 5.32. The molecular weight excluding hydrogens is 490 g/mol. The van der Waals surface area contributed by atoms with E-state index in [1.54, 1.807) is 0 Å². The van der Waals surface area contributed by atoms with Gasteiger partial charge in [0.15, 0.2) is 22.6 Å². The van der Waals surface area contributed by atoms with E-state index >= 15 is 0 Å². The van der Waals surface area contributed by atoms with Crippen LogP contribution in [0.5, 0.6) is 5.75 Å². The van der Waals surface area contributed by atoms with E-state index in [-0.39, 0.29) is 11.8 Å². The molecule has 2 aromatic heterocycles. The van der Waals surface area contributed by atoms with Crippen molar-refractivity contribution in [3.63, 3.8) is 0 Å². The average Bonchev–Trinajstić information content (AvgIpc) is 3.59. The molecule has 37 heavy (non-hydrogen) atoms. The summed E-state index contributed by atoms with van der Waals surface area (Å²) in [6.45, 7) is 7.08. The van der Waals surface area contributed by atoms with Gasteiger partial charge in [-0.3, -0.25) is 9.89 Å². The third-order valence-electron chi connectivity index (χ3n) is 6.44. The lowest BCUT2D eigenvalue weighted by molar-refractivity contribution is -0.119. The highest BCUT2D eigenvalue weighted by Gasteiger charge is 2.25. The lowest BCUT2D eigenvalue weighted by atomic mass is 10.1. The smallest absolute Gasteiger partial charge is 0.227 e. The fraction of sp³-hybridized carbons (Fsp3) is 0.462. The van der Waals surface area contributed by atoms with Gasteiger partial charge in [-0.25, -0.2) is 9.97 Å². The van der Waals surface area contributed by atoms with E-state index in [4.69, 9.17) is 19.4 Å². The number of anilines is 4. The summed E-state index contributed by atoms with van der Waals surface area (Å²) in [6.07, 6.45) is 4.24. The molecule has 3 aromatic rings. The van der Waals surface area contributed by atoms with Crippen LogP contribution in [0.4, 0.5) is 23.1 Å². The third kappa shape index (κ3) is 6.34. The summed E-state index contributed by atoms with van der Waals surface area (Å²) in [5.41, 5.74) is 1.75. The molecular formula is C26H33N7O3S. The molecule has 1 saturated carbocycles. The number of H-pyrrole nitrogens is 1. The molecule has 2 aliphatic rings. The van der Waals surface area contributed by atoms with Gasteiger partial charge < -0.3 is 25.0 Å². The van der Waals surface area contributed by atoms with Gasteiger partial charge in [0, 0.05) is 41.4 Å². The molecule has 1 aliphatic carbocycles. The van der Waals surface area contributed by atoms with Crippen molar-refractivity contribution in [2.75, 3.05) is 48.4 Å². The first kappa shape index (κ1) is 25.3. The number of ether oxygens (including phenoxy) is 2. The molecule has 11 heteroatoms. The van der Waals surface area contributed by atoms with E-state index in [0.717, 1.165) is 60.9 Å². The number of amides is 1. The topological polar surface area (TPSA) is 117 Å². The van der Waals surface area contributed by atoms with E-state index in [1.165, 1.54) is 11.8 Å². The van der Waals surface area contributed by atoms with Crippen LogP contribution in [0.15, 0.2) is 40.4 Å². The van der Waals surface area contributed by atoms with Gasteiger partial charge in [-0.2, -0.15) is 5.10 Å². The van der Waals surface area contributed by atoms with Crippen molar-refractivity contribution in [3.05, 3.63) is 36.0 Å². The Hall–Kier alpha value is -3.31. The first-order valence-electron chi connectivity index (χ1n) is 12.8. The molecule has 1 saturated heterocycles. The van der Waals surface area contributed by atoms with Crippen LogP contribution < -0.4 is 20.3 Å². The molecule has 0 radical (unpaired) electrons. The first-order valence-corrected chi connectivity index (χ1v) is 13.7. The zero-order valence-corrected chi connectivity index (χ0v) is 22.1. The number of nitrogens with one attached hydrogen (secondary N) is 3. The Balaban J connectivity index is 1.40. The third-order valence-corrected chi connectivity index (χ3v) is 7.31. The SMILES string of the molecule is CCOc1c(Nc2cc(C)[nH]n2)nc(Sc2ccc(NC(=O)C3CCCC3)cc2)nc1N1CCOCC1. The lowest BCUT2D eigenvalue weighted by Crippen LogP contribution is -2.37. The standard InChI is InChI=1S/C26H33N7O3S/c1-3-36-22-23(28-21-16-17(2)31-32-21)29-26(30-24(22)33-12-14-35-15-13-33)37-20-10-8-19(9-11-20)27-25(34)18-6-4-5-7-18/h8-11,16,18H,3-7,12-15H2,1-2H3,(H,27,34)(H2,28,29,30,31,32). The van der Waals surface area contributed by atoms with Crippen LogP contribution in [0.3, 0.4) is 0 Å². The summed E-state index contributed by atoms with van der Waals surface area (Å²) in [5.74, 6) is 2.80. The van der Waals surface area contributed by atoms with Crippen molar-refractivity contribution >= 4 is 40.8 Å². The Bertz CT molecular complexity index is 1210. The van der Waals surface area contributed by atoms with Crippen molar-refractivity contribution in [1.82, 2.24) is 20.2 Å². The van der Waals surface area contributed by atoms with Gasteiger partial charge in [-0.05, 0) is 62.7 Å². The number of rotatable bonds is 9. The monoisotopic (exact) mass is 523 g/mol. The number of aryl methyl sites for hydroxylation is 1. The second-order valence-corrected chi connectivity index (χ2v) is 10.2. The number of benzene rings is 1. The number of hydrogen-bond acceptors (Lipinski definition) is 9. The molecule has 1 aliphatic heterocycles. The maximum atomic E-state index is 12.5. The predicted molar refractivity (Wildman–Crippen MR) is 144 cm³/mol. The van der Waals surface area contributed by atoms with Gasteiger partial charge in [0.1, 0.15) is 0 Å². The van der Waals surface area contributed by atoms with Crippen LogP contribution in [-0.4, -0.2) is 59.0 Å². The minimum atomic E-state index is 0.118. The molecule has 10 nitrogen and oxygen atoms in total. The Labute approximate surface area is 220 Å². The van der Waals surface area contributed by atoms with Gasteiger partial charge in [0.2, 0.25) is 11.7 Å². The zero-order valence-electron chi connectivity index (χ0n) is 21.2. The largest absolute Gasteiger partial charge is 0.487 e. The Kier molecular flexibility index (Phi) is 8.10. The summed E-state index contributed by atoms with van der Waals surface area (Å²) < 4.78 is 11.6. The second-order valence-electron chi connectivity index (χ2n) is 9.20. The highest BCUT2D eigenvalue weighted by molar-refractivity contribution is 7.99. The quantitative estimate of drug-likeness (QED) is 0.341. The zero-order chi connectivity index (χ0) is 25.6. The number of aromatic amines is 1. The molecule has 0 unspecified atom stereocenters. The summed E-state index contributed by atoms with van der Waals surface area (Å²) in [5, 5.41) is 14.2. The summed E-state index contributed by atoms with van der Waals surface area (Å²) >= 11 is 1.46. The second kappa shape index (κ2) is 11.8. The molecule has 3 N–H and O–H groups in total. The van der Waals surface area contributed by atoms with Gasteiger partial charge >= 0.3 is 0 Å². The van der Waals surface area contributed by atoms with E-state index < -0.39 is 0 Å². The number of carbonyl (C=O) groups is 1. The molecule has 0 bridgehead atoms. The molecule has 2 fully saturated rings. The van der Waals surface area contributed by atoms with Crippen LogP contribution in [0.25, 0.3) is 0 Å². The van der Waals surface area contributed by atoms with Crippen LogP contribution in [0.2, 0.25) is 0 Å². The molecule has 0 atom stereocenters. The van der Waals surface area contributed by atoms with Crippen LogP contribution in [-0.2, 0) is 9.53 Å². The Morgan fingerprint density at radius 2 is 1.95 bits per heavy atom. The number of aromatic nitrogens is 4. The Morgan fingerprint density at radius 3 is 2.62 bits per heavy atom. The maximum absolute atomic E-state index is 12.5. The van der Waals surface area contributed by atoms with E-state index in [0.29, 0.717) is 42.4 Å². The number of carbonyl (C=O) groups excluding carboxylic acids is 1. The van der Waals surface area contributed by atoms with E-state index in [2.05, 4.69) is 25.7 Å². The number of nitrogens with zero attached hydrogens (tertiary/aromatic N) is 4. The summed E-state index contributed by atoms with van der Waals surface area (Å²) in [6, 6.07) is 9.73.